The van der Waals surface area contributed by atoms with Crippen LogP contribution in [0.25, 0.3) is 0 Å². The maximum Gasteiger partial charge on any atom is 0.0963 e. The first kappa shape index (κ1) is 11.5. The van der Waals surface area contributed by atoms with E-state index in [1.165, 1.54) is 12.3 Å². The zero-order valence-electron chi connectivity index (χ0n) is 9.60. The monoisotopic (exact) mass is 198 g/mol. The van der Waals surface area contributed by atoms with Gasteiger partial charge >= 0.3 is 0 Å². The van der Waals surface area contributed by atoms with E-state index >= 15 is 0 Å². The van der Waals surface area contributed by atoms with Gasteiger partial charge in [0, 0.05) is 33.2 Å². The first-order valence-electron chi connectivity index (χ1n) is 5.40. The van der Waals surface area contributed by atoms with Gasteiger partial charge in [0.05, 0.1) is 5.84 Å². The molecule has 0 saturated carbocycles. The minimum atomic E-state index is 0.293. The van der Waals surface area contributed by atoms with Gasteiger partial charge in [-0.25, -0.2) is 0 Å². The third-order valence-electron chi connectivity index (χ3n) is 2.63. The quantitative estimate of drug-likeness (QED) is 0.731. The molecule has 0 spiro atoms. The second kappa shape index (κ2) is 5.35. The predicted molar refractivity (Wildman–Crippen MR) is 59.8 cm³/mol. The summed E-state index contributed by atoms with van der Waals surface area (Å²) in [5.41, 5.74) is 0.293. The van der Waals surface area contributed by atoms with Gasteiger partial charge in [0.1, 0.15) is 0 Å². The first-order valence-corrected chi connectivity index (χ1v) is 5.40. The number of ether oxygens (including phenoxy) is 1. The van der Waals surface area contributed by atoms with Crippen LogP contribution in [0.15, 0.2) is 4.99 Å². The van der Waals surface area contributed by atoms with Gasteiger partial charge in [0.2, 0.25) is 0 Å². The fourth-order valence-corrected chi connectivity index (χ4v) is 1.49. The Morgan fingerprint density at radius 3 is 2.86 bits per heavy atom. The molecule has 0 fully saturated rings. The molecule has 1 heterocycles. The Kier molecular flexibility index (Phi) is 4.39. The largest absolute Gasteiger partial charge is 0.385 e. The molecule has 1 N–H and O–H groups in total. The summed E-state index contributed by atoms with van der Waals surface area (Å²) in [6, 6.07) is 0. The molecule has 14 heavy (non-hydrogen) atoms. The third kappa shape index (κ3) is 4.09. The number of rotatable bonds is 5. The van der Waals surface area contributed by atoms with Crippen molar-refractivity contribution in [3.8, 4) is 0 Å². The smallest absolute Gasteiger partial charge is 0.0963 e. The molecule has 0 amide bonds. The van der Waals surface area contributed by atoms with E-state index in [4.69, 9.17) is 4.74 Å². The van der Waals surface area contributed by atoms with E-state index in [0.717, 1.165) is 32.5 Å². The summed E-state index contributed by atoms with van der Waals surface area (Å²) >= 11 is 0. The van der Waals surface area contributed by atoms with Gasteiger partial charge in [0.25, 0.3) is 0 Å². The average molecular weight is 198 g/mol. The lowest BCUT2D eigenvalue weighted by Gasteiger charge is -2.25. The van der Waals surface area contributed by atoms with Crippen molar-refractivity contribution in [2.45, 2.75) is 33.1 Å². The van der Waals surface area contributed by atoms with E-state index in [0.29, 0.717) is 5.41 Å². The van der Waals surface area contributed by atoms with Crippen LogP contribution in [0.2, 0.25) is 0 Å². The van der Waals surface area contributed by atoms with Gasteiger partial charge in [-0.2, -0.15) is 0 Å². The lowest BCUT2D eigenvalue weighted by molar-refractivity contribution is 0.153. The van der Waals surface area contributed by atoms with Gasteiger partial charge in [-0.3, -0.25) is 4.99 Å². The summed E-state index contributed by atoms with van der Waals surface area (Å²) in [5.74, 6) is 1.19. The fourth-order valence-electron chi connectivity index (χ4n) is 1.49. The first-order chi connectivity index (χ1) is 6.64. The van der Waals surface area contributed by atoms with Crippen molar-refractivity contribution < 1.29 is 4.74 Å². The summed E-state index contributed by atoms with van der Waals surface area (Å²) in [6.45, 7) is 7.35. The molecule has 3 nitrogen and oxygen atoms in total. The van der Waals surface area contributed by atoms with Crippen molar-refractivity contribution >= 4 is 5.84 Å². The minimum absolute atomic E-state index is 0.293. The van der Waals surface area contributed by atoms with E-state index in [-0.39, 0.29) is 0 Å². The molecule has 1 rings (SSSR count). The highest BCUT2D eigenvalue weighted by Gasteiger charge is 2.18. The Balaban J connectivity index is 2.20. The van der Waals surface area contributed by atoms with Crippen molar-refractivity contribution in [2.75, 3.05) is 26.8 Å². The van der Waals surface area contributed by atoms with E-state index in [9.17, 15) is 0 Å². The highest BCUT2D eigenvalue weighted by Crippen LogP contribution is 2.19. The zero-order valence-corrected chi connectivity index (χ0v) is 9.60. The van der Waals surface area contributed by atoms with E-state index in [2.05, 4.69) is 24.2 Å². The second-order valence-electron chi connectivity index (χ2n) is 4.69. The molecule has 3 heteroatoms. The van der Waals surface area contributed by atoms with Crippen LogP contribution in [0, 0.1) is 5.41 Å². The lowest BCUT2D eigenvalue weighted by Crippen LogP contribution is -2.33. The highest BCUT2D eigenvalue weighted by atomic mass is 16.5. The van der Waals surface area contributed by atoms with Crippen molar-refractivity contribution in [2.24, 2.45) is 10.4 Å². The Morgan fingerprint density at radius 2 is 2.29 bits per heavy atom. The van der Waals surface area contributed by atoms with Gasteiger partial charge in [-0.15, -0.1) is 0 Å². The summed E-state index contributed by atoms with van der Waals surface area (Å²) in [5, 5.41) is 3.43. The van der Waals surface area contributed by atoms with Gasteiger partial charge in [-0.1, -0.05) is 13.8 Å². The van der Waals surface area contributed by atoms with Crippen LogP contribution in [0.3, 0.4) is 0 Å². The molecule has 0 aliphatic carbocycles. The Labute approximate surface area is 86.9 Å². The summed E-state index contributed by atoms with van der Waals surface area (Å²) in [7, 11) is 1.75. The molecular formula is C11H22N2O. The highest BCUT2D eigenvalue weighted by molar-refractivity contribution is 5.83. The minimum Gasteiger partial charge on any atom is -0.385 e. The second-order valence-corrected chi connectivity index (χ2v) is 4.69. The van der Waals surface area contributed by atoms with Gasteiger partial charge in [0.15, 0.2) is 0 Å². The van der Waals surface area contributed by atoms with Crippen LogP contribution in [-0.2, 0) is 4.74 Å². The molecule has 0 atom stereocenters. The van der Waals surface area contributed by atoms with Crippen LogP contribution >= 0.6 is 0 Å². The maximum atomic E-state index is 5.09. The van der Waals surface area contributed by atoms with Crippen LogP contribution in [0.1, 0.15) is 33.1 Å². The van der Waals surface area contributed by atoms with Gasteiger partial charge < -0.3 is 10.1 Å². The molecule has 0 aromatic rings. The molecule has 1 aliphatic heterocycles. The Morgan fingerprint density at radius 1 is 1.50 bits per heavy atom. The number of methoxy groups -OCH3 is 1. The number of hydrogen-bond donors (Lipinski definition) is 1. The number of aliphatic imine (C=N–C) groups is 1. The topological polar surface area (TPSA) is 33.6 Å². The zero-order chi connectivity index (χ0) is 10.4. The number of nitrogens with zero attached hydrogens (tertiary/aromatic N) is 1. The molecule has 1 aliphatic rings. The predicted octanol–water partition coefficient (Wildman–Crippen LogP) is 1.83. The number of hydrogen-bond acceptors (Lipinski definition) is 3. The number of amidine groups is 1. The maximum absolute atomic E-state index is 5.09. The lowest BCUT2D eigenvalue weighted by atomic mass is 9.89. The van der Waals surface area contributed by atoms with Crippen LogP contribution < -0.4 is 5.32 Å². The van der Waals surface area contributed by atoms with E-state index in [1.807, 2.05) is 0 Å². The average Bonchev–Trinajstić information content (AvgIpc) is 2.64. The molecule has 82 valence electrons. The van der Waals surface area contributed by atoms with Crippen LogP contribution in [-0.4, -0.2) is 32.6 Å². The fraction of sp³-hybridized carbons (Fsp3) is 0.909. The molecular weight excluding hydrogens is 176 g/mol. The summed E-state index contributed by atoms with van der Waals surface area (Å²) in [4.78, 5) is 4.39. The van der Waals surface area contributed by atoms with Crippen molar-refractivity contribution in [1.82, 2.24) is 5.32 Å². The molecule has 0 unspecified atom stereocenters. The standard InChI is InChI=1S/C11H22N2O/c1-11(2,6-8-14-3)9-13-10-5-4-7-12-10/h4-9H2,1-3H3,(H,12,13). The Hall–Kier alpha value is -0.570. The Bertz CT molecular complexity index is 199. The van der Waals surface area contributed by atoms with Crippen molar-refractivity contribution in [3.05, 3.63) is 0 Å². The molecule has 0 saturated heterocycles. The third-order valence-corrected chi connectivity index (χ3v) is 2.63. The van der Waals surface area contributed by atoms with Crippen molar-refractivity contribution in [3.63, 3.8) is 0 Å². The van der Waals surface area contributed by atoms with Crippen LogP contribution in [0.4, 0.5) is 0 Å². The molecule has 0 aromatic heterocycles. The summed E-state index contributed by atoms with van der Waals surface area (Å²) in [6.07, 6.45) is 3.42. The van der Waals surface area contributed by atoms with E-state index < -0.39 is 0 Å². The van der Waals surface area contributed by atoms with Gasteiger partial charge in [-0.05, 0) is 18.3 Å². The molecule has 0 bridgehead atoms. The summed E-state index contributed by atoms with van der Waals surface area (Å²) < 4.78 is 5.09. The number of nitrogens with one attached hydrogen (secondary N) is 1. The molecule has 0 aromatic carbocycles. The van der Waals surface area contributed by atoms with E-state index in [1.54, 1.807) is 7.11 Å². The normalized spacial score (nSPS) is 16.9. The van der Waals surface area contributed by atoms with Crippen molar-refractivity contribution in [1.29, 1.82) is 0 Å². The SMILES string of the molecule is COCCC(C)(C)CNC1=NCCC1. The molecule has 0 radical (unpaired) electrons. The van der Waals surface area contributed by atoms with Crippen LogP contribution in [0.5, 0.6) is 0 Å².